The van der Waals surface area contributed by atoms with Crippen molar-refractivity contribution in [1.82, 2.24) is 10.2 Å². The van der Waals surface area contributed by atoms with Crippen LogP contribution in [0.15, 0.2) is 48.5 Å². The number of sulfonamides is 1. The second-order valence-electron chi connectivity index (χ2n) is 8.40. The van der Waals surface area contributed by atoms with Crippen LogP contribution in [0.4, 0.5) is 5.69 Å². The predicted molar refractivity (Wildman–Crippen MR) is 139 cm³/mol. The summed E-state index contributed by atoms with van der Waals surface area (Å²) in [5.41, 5.74) is 2.17. The summed E-state index contributed by atoms with van der Waals surface area (Å²) in [5, 5.41) is 2.87. The summed E-state index contributed by atoms with van der Waals surface area (Å²) in [6.07, 6.45) is 2.21. The van der Waals surface area contributed by atoms with Crippen LogP contribution in [-0.4, -0.2) is 57.1 Å². The molecular weight excluding hydrogens is 466 g/mol. The van der Waals surface area contributed by atoms with Gasteiger partial charge in [0, 0.05) is 13.1 Å². The number of para-hydroxylation sites is 2. The number of benzene rings is 2. The quantitative estimate of drug-likeness (QED) is 0.451. The minimum Gasteiger partial charge on any atom is -0.492 e. The Morgan fingerprint density at radius 3 is 2.37 bits per heavy atom. The van der Waals surface area contributed by atoms with Crippen molar-refractivity contribution in [2.75, 3.05) is 30.3 Å². The number of carbonyl (C=O) groups excluding carboxylic acids is 2. The minimum atomic E-state index is -3.83. The molecule has 2 amide bonds. The molecule has 0 aliphatic rings. The summed E-state index contributed by atoms with van der Waals surface area (Å²) >= 11 is 0. The predicted octanol–water partition coefficient (Wildman–Crippen LogP) is 3.49. The van der Waals surface area contributed by atoms with E-state index in [1.165, 1.54) is 4.90 Å². The number of nitrogens with one attached hydrogen (secondary N) is 1. The van der Waals surface area contributed by atoms with Gasteiger partial charge in [0.2, 0.25) is 21.8 Å². The summed E-state index contributed by atoms with van der Waals surface area (Å²) in [6.45, 7) is 8.13. The molecule has 2 aromatic rings. The van der Waals surface area contributed by atoms with Crippen LogP contribution in [-0.2, 0) is 26.2 Å². The number of hydrogen-bond donors (Lipinski definition) is 1. The lowest BCUT2D eigenvalue weighted by Gasteiger charge is -2.33. The Balaban J connectivity index is 2.47. The first-order valence-corrected chi connectivity index (χ1v) is 13.8. The van der Waals surface area contributed by atoms with Gasteiger partial charge in [-0.3, -0.25) is 13.9 Å². The number of carbonyl (C=O) groups is 2. The maximum Gasteiger partial charge on any atom is 0.244 e. The molecule has 8 nitrogen and oxygen atoms in total. The fraction of sp³-hybridized carbons (Fsp3) is 0.462. The van der Waals surface area contributed by atoms with E-state index in [0.29, 0.717) is 25.3 Å². The van der Waals surface area contributed by atoms with Crippen molar-refractivity contribution >= 4 is 27.5 Å². The smallest absolute Gasteiger partial charge is 0.244 e. The minimum absolute atomic E-state index is 0.184. The van der Waals surface area contributed by atoms with Gasteiger partial charge in [-0.15, -0.1) is 0 Å². The molecule has 0 spiro atoms. The zero-order valence-corrected chi connectivity index (χ0v) is 22.1. The van der Waals surface area contributed by atoms with Gasteiger partial charge in [-0.2, -0.15) is 0 Å². The Labute approximate surface area is 209 Å². The van der Waals surface area contributed by atoms with Crippen LogP contribution in [0.5, 0.6) is 5.75 Å². The van der Waals surface area contributed by atoms with E-state index in [9.17, 15) is 18.0 Å². The highest BCUT2D eigenvalue weighted by molar-refractivity contribution is 7.92. The third-order valence-corrected chi connectivity index (χ3v) is 6.61. The van der Waals surface area contributed by atoms with Gasteiger partial charge in [0.15, 0.2) is 0 Å². The molecule has 0 saturated heterocycles. The van der Waals surface area contributed by atoms with Gasteiger partial charge in [-0.25, -0.2) is 8.42 Å². The molecule has 0 aromatic heterocycles. The van der Waals surface area contributed by atoms with Gasteiger partial charge in [0.05, 0.1) is 18.6 Å². The van der Waals surface area contributed by atoms with Crippen molar-refractivity contribution in [2.45, 2.75) is 53.1 Å². The molecule has 9 heteroatoms. The largest absolute Gasteiger partial charge is 0.492 e. The van der Waals surface area contributed by atoms with E-state index in [0.717, 1.165) is 28.1 Å². The van der Waals surface area contributed by atoms with E-state index in [1.807, 2.05) is 45.0 Å². The molecule has 192 valence electrons. The van der Waals surface area contributed by atoms with Crippen molar-refractivity contribution in [3.63, 3.8) is 0 Å². The summed E-state index contributed by atoms with van der Waals surface area (Å²) in [4.78, 5) is 28.2. The van der Waals surface area contributed by atoms with E-state index < -0.39 is 28.5 Å². The Kier molecular flexibility index (Phi) is 10.6. The fourth-order valence-electron chi connectivity index (χ4n) is 3.83. The van der Waals surface area contributed by atoms with E-state index in [-0.39, 0.29) is 18.1 Å². The van der Waals surface area contributed by atoms with Gasteiger partial charge >= 0.3 is 0 Å². The van der Waals surface area contributed by atoms with Gasteiger partial charge in [-0.05, 0) is 44.4 Å². The highest BCUT2D eigenvalue weighted by atomic mass is 32.2. The lowest BCUT2D eigenvalue weighted by Crippen LogP contribution is -2.52. The summed E-state index contributed by atoms with van der Waals surface area (Å²) in [7, 11) is -3.83. The zero-order valence-electron chi connectivity index (χ0n) is 21.3. The van der Waals surface area contributed by atoms with Crippen LogP contribution in [0.1, 0.15) is 44.7 Å². The third-order valence-electron chi connectivity index (χ3n) is 5.48. The van der Waals surface area contributed by atoms with Crippen molar-refractivity contribution in [1.29, 1.82) is 0 Å². The first-order valence-electron chi connectivity index (χ1n) is 11.9. The molecule has 0 radical (unpaired) electrons. The molecule has 35 heavy (non-hydrogen) atoms. The highest BCUT2D eigenvalue weighted by Crippen LogP contribution is 2.30. The van der Waals surface area contributed by atoms with E-state index in [1.54, 1.807) is 31.2 Å². The van der Waals surface area contributed by atoms with Crippen molar-refractivity contribution < 1.29 is 22.7 Å². The van der Waals surface area contributed by atoms with E-state index >= 15 is 0 Å². The molecule has 0 saturated carbocycles. The van der Waals surface area contributed by atoms with Crippen LogP contribution in [0.25, 0.3) is 0 Å². The molecule has 0 aliphatic carbocycles. The Morgan fingerprint density at radius 1 is 1.06 bits per heavy atom. The van der Waals surface area contributed by atoms with Crippen LogP contribution in [0, 0.1) is 6.92 Å². The maximum atomic E-state index is 13.7. The second kappa shape index (κ2) is 13.1. The van der Waals surface area contributed by atoms with E-state index in [4.69, 9.17) is 4.74 Å². The number of amides is 2. The summed E-state index contributed by atoms with van der Waals surface area (Å²) in [5.74, 6) is -0.358. The number of ether oxygens (including phenoxy) is 1. The third kappa shape index (κ3) is 7.99. The number of nitrogens with zero attached hydrogens (tertiary/aromatic N) is 2. The van der Waals surface area contributed by atoms with Crippen LogP contribution in [0.3, 0.4) is 0 Å². The number of aryl methyl sites for hydroxylation is 1. The molecule has 0 fully saturated rings. The van der Waals surface area contributed by atoms with Gasteiger partial charge in [0.25, 0.3) is 0 Å². The number of anilines is 1. The summed E-state index contributed by atoms with van der Waals surface area (Å²) in [6, 6.07) is 13.7. The molecule has 2 aromatic carbocycles. The molecule has 0 bridgehead atoms. The van der Waals surface area contributed by atoms with Gasteiger partial charge in [0.1, 0.15) is 18.3 Å². The average molecular weight is 504 g/mol. The molecule has 1 N–H and O–H groups in total. The van der Waals surface area contributed by atoms with E-state index in [2.05, 4.69) is 5.32 Å². The Bertz CT molecular complexity index is 1100. The van der Waals surface area contributed by atoms with Crippen LogP contribution >= 0.6 is 0 Å². The maximum absolute atomic E-state index is 13.7. The highest BCUT2D eigenvalue weighted by Gasteiger charge is 2.32. The van der Waals surface area contributed by atoms with Crippen molar-refractivity contribution in [3.05, 3.63) is 59.7 Å². The second-order valence-corrected chi connectivity index (χ2v) is 10.3. The first-order chi connectivity index (χ1) is 16.6. The lowest BCUT2D eigenvalue weighted by atomic mass is 10.1. The Morgan fingerprint density at radius 2 is 1.77 bits per heavy atom. The fourth-order valence-corrected chi connectivity index (χ4v) is 4.68. The monoisotopic (exact) mass is 503 g/mol. The Hall–Kier alpha value is -3.07. The lowest BCUT2D eigenvalue weighted by molar-refractivity contribution is -0.140. The molecule has 1 unspecified atom stereocenters. The van der Waals surface area contributed by atoms with Crippen LogP contribution in [0.2, 0.25) is 0 Å². The first kappa shape index (κ1) is 28.2. The standard InChI is InChI=1S/C26H37N3O5S/c1-6-16-27-26(31)22(7-2)28(18-21-13-11-12-20(4)17-21)25(30)19-29(35(5,32)33)23-14-9-10-15-24(23)34-8-3/h9-15,17,22H,6-8,16,18-19H2,1-5H3,(H,27,31). The number of rotatable bonds is 13. The average Bonchev–Trinajstić information content (AvgIpc) is 2.81. The molecule has 0 aliphatic heterocycles. The molecule has 1 atom stereocenters. The zero-order chi connectivity index (χ0) is 26.0. The van der Waals surface area contributed by atoms with Crippen molar-refractivity contribution in [2.24, 2.45) is 0 Å². The molecule has 0 heterocycles. The molecular formula is C26H37N3O5S. The summed E-state index contributed by atoms with van der Waals surface area (Å²) < 4.78 is 32.2. The molecule has 2 rings (SSSR count). The normalized spacial score (nSPS) is 12.0. The van der Waals surface area contributed by atoms with Crippen molar-refractivity contribution in [3.8, 4) is 5.75 Å². The topological polar surface area (TPSA) is 96.0 Å². The van der Waals surface area contributed by atoms with Crippen LogP contribution < -0.4 is 14.4 Å². The SMILES string of the molecule is CCCNC(=O)C(CC)N(Cc1cccc(C)c1)C(=O)CN(c1ccccc1OCC)S(C)(=O)=O. The van der Waals surface area contributed by atoms with Gasteiger partial charge < -0.3 is 15.0 Å². The number of hydrogen-bond acceptors (Lipinski definition) is 5. The van der Waals surface area contributed by atoms with Gasteiger partial charge in [-0.1, -0.05) is 55.8 Å².